The minimum Gasteiger partial charge on any atom is -0.377 e. The highest BCUT2D eigenvalue weighted by Gasteiger charge is 2.34. The van der Waals surface area contributed by atoms with Crippen molar-refractivity contribution in [2.24, 2.45) is 5.73 Å². The van der Waals surface area contributed by atoms with Crippen molar-refractivity contribution < 1.29 is 4.39 Å². The first-order valence-electron chi connectivity index (χ1n) is 10.9. The molecule has 1 aliphatic carbocycles. The lowest BCUT2D eigenvalue weighted by atomic mass is 9.72. The first-order valence-corrected chi connectivity index (χ1v) is 11.3. The van der Waals surface area contributed by atoms with Crippen LogP contribution in [0.4, 0.5) is 10.1 Å². The minimum atomic E-state index is -0.259. The Labute approximate surface area is 192 Å². The summed E-state index contributed by atoms with van der Waals surface area (Å²) in [7, 11) is 0. The van der Waals surface area contributed by atoms with Crippen molar-refractivity contribution in [2.75, 3.05) is 5.32 Å². The average Bonchev–Trinajstić information content (AvgIpc) is 2.79. The second-order valence-corrected chi connectivity index (χ2v) is 9.09. The average molecular weight is 446 g/mol. The van der Waals surface area contributed by atoms with Gasteiger partial charge in [-0.3, -0.25) is 4.98 Å². The van der Waals surface area contributed by atoms with Crippen LogP contribution in [0.15, 0.2) is 72.9 Å². The Morgan fingerprint density at radius 2 is 1.75 bits per heavy atom. The van der Waals surface area contributed by atoms with Gasteiger partial charge in [0.15, 0.2) is 0 Å². The molecule has 3 N–H and O–H groups in total. The number of hydrogen-bond donors (Lipinski definition) is 2. The van der Waals surface area contributed by atoms with Crippen LogP contribution in [0.25, 0.3) is 22.0 Å². The van der Waals surface area contributed by atoms with Gasteiger partial charge in [0, 0.05) is 22.7 Å². The van der Waals surface area contributed by atoms with Crippen molar-refractivity contribution in [1.82, 2.24) is 4.98 Å². The summed E-state index contributed by atoms with van der Waals surface area (Å²) >= 11 is 6.53. The lowest BCUT2D eigenvalue weighted by Gasteiger charge is -2.38. The zero-order valence-electron chi connectivity index (χ0n) is 17.9. The van der Waals surface area contributed by atoms with E-state index in [4.69, 9.17) is 17.3 Å². The summed E-state index contributed by atoms with van der Waals surface area (Å²) in [5.74, 6) is -0.244. The normalized spacial score (nSPS) is 15.9. The Bertz CT molecular complexity index is 1280. The van der Waals surface area contributed by atoms with Crippen LogP contribution >= 0.6 is 11.6 Å². The quantitative estimate of drug-likeness (QED) is 0.341. The Morgan fingerprint density at radius 3 is 2.44 bits per heavy atom. The van der Waals surface area contributed by atoms with Gasteiger partial charge in [0.2, 0.25) is 0 Å². The second-order valence-electron chi connectivity index (χ2n) is 8.69. The van der Waals surface area contributed by atoms with Gasteiger partial charge in [-0.05, 0) is 61.1 Å². The van der Waals surface area contributed by atoms with Crippen LogP contribution in [0.5, 0.6) is 0 Å². The molecule has 3 nitrogen and oxygen atoms in total. The third-order valence-electron chi connectivity index (χ3n) is 6.59. The van der Waals surface area contributed by atoms with Crippen molar-refractivity contribution in [3.8, 4) is 11.1 Å². The molecule has 5 rings (SSSR count). The van der Waals surface area contributed by atoms with Crippen LogP contribution < -0.4 is 11.1 Å². The number of rotatable bonds is 5. The molecular formula is C27H25ClFN3. The number of pyridine rings is 1. The van der Waals surface area contributed by atoms with Gasteiger partial charge in [0.1, 0.15) is 5.82 Å². The molecule has 0 aliphatic heterocycles. The largest absolute Gasteiger partial charge is 0.377 e. The molecule has 5 heteroatoms. The summed E-state index contributed by atoms with van der Waals surface area (Å²) in [6.45, 7) is 1.92. The summed E-state index contributed by atoms with van der Waals surface area (Å²) in [4.78, 5) is 4.48. The fourth-order valence-electron chi connectivity index (χ4n) is 4.46. The molecule has 0 bridgehead atoms. The lowest BCUT2D eigenvalue weighted by molar-refractivity contribution is 0.253. The molecule has 1 heterocycles. The number of aromatic nitrogens is 1. The van der Waals surface area contributed by atoms with Crippen molar-refractivity contribution in [3.63, 3.8) is 0 Å². The van der Waals surface area contributed by atoms with E-state index in [2.05, 4.69) is 46.7 Å². The van der Waals surface area contributed by atoms with E-state index in [-0.39, 0.29) is 17.4 Å². The van der Waals surface area contributed by atoms with E-state index < -0.39 is 0 Å². The van der Waals surface area contributed by atoms with E-state index in [9.17, 15) is 4.39 Å². The molecular weight excluding hydrogens is 421 g/mol. The fourth-order valence-corrected chi connectivity index (χ4v) is 4.66. The fraction of sp³-hybridized carbons (Fsp3) is 0.222. The van der Waals surface area contributed by atoms with Gasteiger partial charge < -0.3 is 11.1 Å². The molecule has 1 fully saturated rings. The van der Waals surface area contributed by atoms with Gasteiger partial charge in [0.25, 0.3) is 0 Å². The summed E-state index contributed by atoms with van der Waals surface area (Å²) in [6.07, 6.45) is 4.91. The molecule has 0 radical (unpaired) electrons. The zero-order chi connectivity index (χ0) is 22.3. The third-order valence-corrected chi connectivity index (χ3v) is 6.88. The van der Waals surface area contributed by atoms with E-state index in [0.29, 0.717) is 10.6 Å². The Kier molecular flexibility index (Phi) is 5.36. The number of benzene rings is 3. The monoisotopic (exact) mass is 445 g/mol. The molecule has 1 atom stereocenters. The smallest absolute Gasteiger partial charge is 0.128 e. The maximum atomic E-state index is 14.3. The van der Waals surface area contributed by atoms with Crippen LogP contribution in [-0.4, -0.2) is 4.98 Å². The Hall–Kier alpha value is -2.95. The predicted molar refractivity (Wildman–Crippen MR) is 130 cm³/mol. The number of halogens is 2. The van der Waals surface area contributed by atoms with Crippen LogP contribution in [0.2, 0.25) is 5.02 Å². The van der Waals surface area contributed by atoms with Gasteiger partial charge >= 0.3 is 0 Å². The summed E-state index contributed by atoms with van der Waals surface area (Å²) in [5, 5.41) is 4.81. The SMILES string of the molecule is C[C@@H](Nc1c(Cl)cnc2ccc(-c3ccc(C4(N)CCC4)cc3)cc12)c1ccccc1F. The molecule has 1 aromatic heterocycles. The molecule has 32 heavy (non-hydrogen) atoms. The van der Waals surface area contributed by atoms with Gasteiger partial charge in [-0.1, -0.05) is 60.1 Å². The Balaban J connectivity index is 1.51. The first kappa shape index (κ1) is 20.9. The molecule has 3 aromatic carbocycles. The molecule has 0 amide bonds. The Morgan fingerprint density at radius 1 is 1.03 bits per heavy atom. The molecule has 162 valence electrons. The number of hydrogen-bond acceptors (Lipinski definition) is 3. The van der Waals surface area contributed by atoms with Crippen molar-refractivity contribution in [3.05, 3.63) is 94.9 Å². The van der Waals surface area contributed by atoms with E-state index in [1.54, 1.807) is 18.3 Å². The number of nitrogens with zero attached hydrogens (tertiary/aromatic N) is 1. The van der Waals surface area contributed by atoms with Crippen LogP contribution in [0.3, 0.4) is 0 Å². The van der Waals surface area contributed by atoms with Crippen molar-refractivity contribution >= 4 is 28.2 Å². The highest BCUT2D eigenvalue weighted by molar-refractivity contribution is 6.34. The summed E-state index contributed by atoms with van der Waals surface area (Å²) < 4.78 is 14.3. The van der Waals surface area contributed by atoms with Gasteiger partial charge in [0.05, 0.1) is 22.3 Å². The standard InChI is InChI=1S/C27H25ClFN3/c1-17(21-5-2-3-6-24(21)29)32-26-22-15-19(9-12-25(22)31-16-23(26)28)18-7-10-20(11-8-18)27(30)13-4-14-27/h2-3,5-12,15-17H,4,13-14,30H2,1H3,(H,31,32)/t17-/m1/s1. The van der Waals surface area contributed by atoms with Gasteiger partial charge in [-0.25, -0.2) is 4.39 Å². The number of anilines is 1. The molecule has 4 aromatic rings. The molecule has 1 aliphatic rings. The molecule has 0 spiro atoms. The van der Waals surface area contributed by atoms with Gasteiger partial charge in [-0.2, -0.15) is 0 Å². The van der Waals surface area contributed by atoms with E-state index >= 15 is 0 Å². The van der Waals surface area contributed by atoms with Crippen LogP contribution in [-0.2, 0) is 5.54 Å². The third kappa shape index (κ3) is 3.74. The van der Waals surface area contributed by atoms with E-state index in [0.717, 1.165) is 40.6 Å². The summed E-state index contributed by atoms with van der Waals surface area (Å²) in [6, 6.07) is 21.2. The number of fused-ring (bicyclic) bond motifs is 1. The van der Waals surface area contributed by atoms with Crippen LogP contribution in [0, 0.1) is 5.82 Å². The van der Waals surface area contributed by atoms with E-state index in [1.165, 1.54) is 18.1 Å². The minimum absolute atomic E-state index is 0.167. The predicted octanol–water partition coefficient (Wildman–Crippen LogP) is 7.21. The molecule has 1 saturated carbocycles. The van der Waals surface area contributed by atoms with Gasteiger partial charge in [-0.15, -0.1) is 0 Å². The molecule has 0 saturated heterocycles. The highest BCUT2D eigenvalue weighted by Crippen LogP contribution is 2.40. The number of nitrogens with one attached hydrogen (secondary N) is 1. The van der Waals surface area contributed by atoms with Crippen molar-refractivity contribution in [2.45, 2.75) is 37.8 Å². The maximum Gasteiger partial charge on any atom is 0.128 e. The van der Waals surface area contributed by atoms with Crippen LogP contribution in [0.1, 0.15) is 43.4 Å². The van der Waals surface area contributed by atoms with E-state index in [1.807, 2.05) is 19.1 Å². The second kappa shape index (κ2) is 8.19. The lowest BCUT2D eigenvalue weighted by Crippen LogP contribution is -2.43. The maximum absolute atomic E-state index is 14.3. The highest BCUT2D eigenvalue weighted by atomic mass is 35.5. The molecule has 0 unspecified atom stereocenters. The first-order chi connectivity index (χ1) is 15.4. The summed E-state index contributed by atoms with van der Waals surface area (Å²) in [5.41, 5.74) is 11.8. The van der Waals surface area contributed by atoms with Crippen molar-refractivity contribution in [1.29, 1.82) is 0 Å². The zero-order valence-corrected chi connectivity index (χ0v) is 18.7. The number of nitrogens with two attached hydrogens (primary N) is 1. The topological polar surface area (TPSA) is 50.9 Å².